The molecule has 0 saturated carbocycles. The Labute approximate surface area is 121 Å². The Bertz CT molecular complexity index is 508. The van der Waals surface area contributed by atoms with Crippen molar-refractivity contribution < 1.29 is 13.2 Å². The Hall–Kier alpha value is -2.04. The van der Waals surface area contributed by atoms with E-state index in [1.165, 1.54) is 6.07 Å². The molecule has 0 aliphatic rings. The molecule has 0 amide bonds. The van der Waals surface area contributed by atoms with Crippen LogP contribution in [0.25, 0.3) is 0 Å². The number of rotatable bonds is 6. The standard InChI is InChI=1S/C13H18F3N5/c1-4-18-10-8-11(20-12(19-10)13(14,15)16)21(9(2)3)7-5-6-17/h8-9H,4-5,7H2,1-3H3,(H,18,19,20). The molecule has 0 spiro atoms. The molecule has 0 fully saturated rings. The van der Waals surface area contributed by atoms with Crippen LogP contribution >= 0.6 is 0 Å². The van der Waals surface area contributed by atoms with E-state index < -0.39 is 12.0 Å². The molecule has 1 rings (SSSR count). The molecule has 0 unspecified atom stereocenters. The van der Waals surface area contributed by atoms with Crippen LogP contribution in [0.2, 0.25) is 0 Å². The lowest BCUT2D eigenvalue weighted by Gasteiger charge is -2.27. The van der Waals surface area contributed by atoms with E-state index in [1.54, 1.807) is 11.8 Å². The lowest BCUT2D eigenvalue weighted by atomic mass is 10.2. The number of aromatic nitrogens is 2. The zero-order chi connectivity index (χ0) is 16.0. The van der Waals surface area contributed by atoms with Gasteiger partial charge in [-0.05, 0) is 20.8 Å². The molecule has 1 aromatic rings. The second-order valence-corrected chi connectivity index (χ2v) is 4.66. The van der Waals surface area contributed by atoms with Gasteiger partial charge in [-0.15, -0.1) is 0 Å². The Balaban J connectivity index is 3.25. The van der Waals surface area contributed by atoms with Crippen LogP contribution in [0.1, 0.15) is 33.0 Å². The zero-order valence-electron chi connectivity index (χ0n) is 12.2. The number of hydrogen-bond acceptors (Lipinski definition) is 5. The fraction of sp³-hybridized carbons (Fsp3) is 0.615. The van der Waals surface area contributed by atoms with Crippen molar-refractivity contribution in [3.05, 3.63) is 11.9 Å². The van der Waals surface area contributed by atoms with Gasteiger partial charge in [-0.1, -0.05) is 0 Å². The van der Waals surface area contributed by atoms with Crippen molar-refractivity contribution in [3.8, 4) is 6.07 Å². The molecule has 8 heteroatoms. The molecule has 1 aromatic heterocycles. The molecule has 21 heavy (non-hydrogen) atoms. The summed E-state index contributed by atoms with van der Waals surface area (Å²) in [6, 6.07) is 3.37. The van der Waals surface area contributed by atoms with Gasteiger partial charge in [0.25, 0.3) is 0 Å². The maximum absolute atomic E-state index is 12.9. The molecule has 116 valence electrons. The van der Waals surface area contributed by atoms with E-state index in [4.69, 9.17) is 5.26 Å². The molecule has 1 heterocycles. The Kier molecular flexibility index (Phi) is 5.76. The quantitative estimate of drug-likeness (QED) is 0.875. The minimum atomic E-state index is -4.61. The van der Waals surface area contributed by atoms with Crippen molar-refractivity contribution in [2.45, 2.75) is 39.4 Å². The van der Waals surface area contributed by atoms with Gasteiger partial charge < -0.3 is 10.2 Å². The summed E-state index contributed by atoms with van der Waals surface area (Å²) in [7, 11) is 0. The van der Waals surface area contributed by atoms with Gasteiger partial charge in [0, 0.05) is 25.2 Å². The highest BCUT2D eigenvalue weighted by atomic mass is 19.4. The molecule has 0 aliphatic heterocycles. The molecule has 0 bridgehead atoms. The molecule has 0 aliphatic carbocycles. The second-order valence-electron chi connectivity index (χ2n) is 4.66. The van der Waals surface area contributed by atoms with Crippen LogP contribution in [0.4, 0.5) is 24.8 Å². The summed E-state index contributed by atoms with van der Waals surface area (Å²) in [6.45, 7) is 6.20. The van der Waals surface area contributed by atoms with E-state index in [2.05, 4.69) is 15.3 Å². The summed E-state index contributed by atoms with van der Waals surface area (Å²) >= 11 is 0. The maximum Gasteiger partial charge on any atom is 0.451 e. The molecule has 1 N–H and O–H groups in total. The Morgan fingerprint density at radius 3 is 2.52 bits per heavy atom. The average Bonchev–Trinajstić information content (AvgIpc) is 2.38. The van der Waals surface area contributed by atoms with Gasteiger partial charge in [-0.3, -0.25) is 0 Å². The SMILES string of the molecule is CCNc1cc(N(CCC#N)C(C)C)nc(C(F)(F)F)n1. The number of nitrogens with one attached hydrogen (secondary N) is 1. The summed E-state index contributed by atoms with van der Waals surface area (Å²) in [4.78, 5) is 8.73. The highest BCUT2D eigenvalue weighted by Crippen LogP contribution is 2.29. The second kappa shape index (κ2) is 7.11. The summed E-state index contributed by atoms with van der Waals surface area (Å²) in [5.74, 6) is -0.894. The van der Waals surface area contributed by atoms with Gasteiger partial charge in [-0.2, -0.15) is 18.4 Å². The summed E-state index contributed by atoms with van der Waals surface area (Å²) in [5, 5.41) is 11.4. The number of anilines is 2. The fourth-order valence-electron chi connectivity index (χ4n) is 1.79. The highest BCUT2D eigenvalue weighted by Gasteiger charge is 2.36. The van der Waals surface area contributed by atoms with Crippen molar-refractivity contribution in [2.75, 3.05) is 23.3 Å². The van der Waals surface area contributed by atoms with Gasteiger partial charge in [0.15, 0.2) is 0 Å². The first-order valence-electron chi connectivity index (χ1n) is 6.63. The number of nitrogens with zero attached hydrogens (tertiary/aromatic N) is 4. The van der Waals surface area contributed by atoms with E-state index in [-0.39, 0.29) is 24.1 Å². The number of alkyl halides is 3. The minimum absolute atomic E-state index is 0.0798. The lowest BCUT2D eigenvalue weighted by molar-refractivity contribution is -0.144. The molecule has 5 nitrogen and oxygen atoms in total. The van der Waals surface area contributed by atoms with Crippen LogP contribution in [-0.4, -0.2) is 29.1 Å². The first-order valence-corrected chi connectivity index (χ1v) is 6.63. The van der Waals surface area contributed by atoms with Gasteiger partial charge in [0.2, 0.25) is 5.82 Å². The third-order valence-electron chi connectivity index (χ3n) is 2.71. The molecule has 0 radical (unpaired) electrons. The molecular weight excluding hydrogens is 283 g/mol. The van der Waals surface area contributed by atoms with E-state index in [9.17, 15) is 13.2 Å². The van der Waals surface area contributed by atoms with Crippen molar-refractivity contribution in [1.29, 1.82) is 5.26 Å². The van der Waals surface area contributed by atoms with Crippen molar-refractivity contribution in [1.82, 2.24) is 9.97 Å². The van der Waals surface area contributed by atoms with Crippen LogP contribution in [-0.2, 0) is 6.18 Å². The number of halogens is 3. The van der Waals surface area contributed by atoms with Crippen LogP contribution in [0.5, 0.6) is 0 Å². The Morgan fingerprint density at radius 2 is 2.05 bits per heavy atom. The van der Waals surface area contributed by atoms with E-state index in [0.29, 0.717) is 13.1 Å². The normalized spacial score (nSPS) is 11.3. The van der Waals surface area contributed by atoms with Gasteiger partial charge >= 0.3 is 6.18 Å². The molecule has 0 aromatic carbocycles. The topological polar surface area (TPSA) is 64.8 Å². The van der Waals surface area contributed by atoms with Crippen molar-refractivity contribution >= 4 is 11.6 Å². The highest BCUT2D eigenvalue weighted by molar-refractivity contribution is 5.50. The van der Waals surface area contributed by atoms with Crippen LogP contribution in [0.3, 0.4) is 0 Å². The number of nitriles is 1. The smallest absolute Gasteiger partial charge is 0.370 e. The minimum Gasteiger partial charge on any atom is -0.370 e. The van der Waals surface area contributed by atoms with Crippen LogP contribution < -0.4 is 10.2 Å². The van der Waals surface area contributed by atoms with E-state index in [1.807, 2.05) is 19.9 Å². The van der Waals surface area contributed by atoms with Crippen molar-refractivity contribution in [3.63, 3.8) is 0 Å². The van der Waals surface area contributed by atoms with Crippen LogP contribution in [0, 0.1) is 11.3 Å². The number of hydrogen-bond donors (Lipinski definition) is 1. The van der Waals surface area contributed by atoms with Gasteiger partial charge in [0.05, 0.1) is 12.5 Å². The molecule has 0 atom stereocenters. The zero-order valence-corrected chi connectivity index (χ0v) is 12.2. The predicted molar refractivity (Wildman–Crippen MR) is 73.9 cm³/mol. The first kappa shape index (κ1) is 17.0. The van der Waals surface area contributed by atoms with Gasteiger partial charge in [0.1, 0.15) is 11.6 Å². The monoisotopic (exact) mass is 301 g/mol. The Morgan fingerprint density at radius 1 is 1.38 bits per heavy atom. The summed E-state index contributed by atoms with van der Waals surface area (Å²) in [5.41, 5.74) is 0. The van der Waals surface area contributed by atoms with Crippen molar-refractivity contribution in [2.24, 2.45) is 0 Å². The largest absolute Gasteiger partial charge is 0.451 e. The third-order valence-corrected chi connectivity index (χ3v) is 2.71. The van der Waals surface area contributed by atoms with Gasteiger partial charge in [-0.25, -0.2) is 9.97 Å². The molecular formula is C13H18F3N5. The van der Waals surface area contributed by atoms with Crippen LogP contribution in [0.15, 0.2) is 6.07 Å². The van der Waals surface area contributed by atoms with E-state index >= 15 is 0 Å². The third kappa shape index (κ3) is 4.77. The fourth-order valence-corrected chi connectivity index (χ4v) is 1.79. The lowest BCUT2D eigenvalue weighted by Crippen LogP contribution is -2.33. The maximum atomic E-state index is 12.9. The molecule has 0 saturated heterocycles. The summed E-state index contributed by atoms with van der Waals surface area (Å²) in [6.07, 6.45) is -4.40. The van der Waals surface area contributed by atoms with E-state index in [0.717, 1.165) is 0 Å². The first-order chi connectivity index (χ1) is 9.79. The predicted octanol–water partition coefficient (Wildman–Crippen LogP) is 3.06. The average molecular weight is 301 g/mol. The summed E-state index contributed by atoms with van der Waals surface area (Å²) < 4.78 is 38.6.